The lowest BCUT2D eigenvalue weighted by Gasteiger charge is -2.20. The molecule has 0 spiro atoms. The number of oxazole rings is 1. The molecule has 3 N–H and O–H groups in total. The van der Waals surface area contributed by atoms with Gasteiger partial charge in [-0.2, -0.15) is 13.2 Å². The lowest BCUT2D eigenvalue weighted by Crippen LogP contribution is -2.41. The first kappa shape index (κ1) is 22.5. The van der Waals surface area contributed by atoms with Crippen LogP contribution in [0.3, 0.4) is 0 Å². The first-order chi connectivity index (χ1) is 14.3. The van der Waals surface area contributed by atoms with Crippen molar-refractivity contribution in [1.82, 2.24) is 15.3 Å². The number of alkyl halides is 3. The number of methoxy groups -OCH3 is 1. The SMILES string of the molecule is COc1ccc(-c2nc(C(=O)NC(C)(C)C)c([C@H](C)N)o2)c2ccc(C(F)(F)F)nc12. The second-order valence-corrected chi connectivity index (χ2v) is 8.13. The van der Waals surface area contributed by atoms with Crippen molar-refractivity contribution < 1.29 is 27.1 Å². The van der Waals surface area contributed by atoms with Crippen LogP contribution in [0.15, 0.2) is 28.7 Å². The smallest absolute Gasteiger partial charge is 0.433 e. The molecule has 1 amide bonds. The number of ether oxygens (including phenoxy) is 1. The summed E-state index contributed by atoms with van der Waals surface area (Å²) >= 11 is 0. The maximum Gasteiger partial charge on any atom is 0.433 e. The van der Waals surface area contributed by atoms with E-state index in [-0.39, 0.29) is 28.6 Å². The van der Waals surface area contributed by atoms with Crippen LogP contribution in [0, 0.1) is 0 Å². The van der Waals surface area contributed by atoms with E-state index in [1.165, 1.54) is 19.2 Å². The van der Waals surface area contributed by atoms with Crippen molar-refractivity contribution in [3.05, 3.63) is 41.4 Å². The number of pyridine rings is 1. The molecule has 0 bridgehead atoms. The zero-order valence-corrected chi connectivity index (χ0v) is 17.7. The van der Waals surface area contributed by atoms with Crippen LogP contribution in [0.2, 0.25) is 0 Å². The topological polar surface area (TPSA) is 103 Å². The van der Waals surface area contributed by atoms with Crippen LogP contribution in [0.25, 0.3) is 22.4 Å². The Morgan fingerprint density at radius 2 is 1.84 bits per heavy atom. The van der Waals surface area contributed by atoms with Gasteiger partial charge in [-0.25, -0.2) is 9.97 Å². The van der Waals surface area contributed by atoms with Crippen molar-refractivity contribution in [2.45, 2.75) is 45.5 Å². The molecule has 31 heavy (non-hydrogen) atoms. The molecule has 0 saturated carbocycles. The van der Waals surface area contributed by atoms with Gasteiger partial charge >= 0.3 is 6.18 Å². The molecule has 166 valence electrons. The van der Waals surface area contributed by atoms with Crippen molar-refractivity contribution in [1.29, 1.82) is 0 Å². The predicted octanol–water partition coefficient (Wildman–Crippen LogP) is 4.47. The van der Waals surface area contributed by atoms with E-state index in [9.17, 15) is 18.0 Å². The third-order valence-electron chi connectivity index (χ3n) is 4.33. The van der Waals surface area contributed by atoms with E-state index in [4.69, 9.17) is 14.9 Å². The molecule has 0 aliphatic heterocycles. The van der Waals surface area contributed by atoms with Crippen LogP contribution in [0.5, 0.6) is 5.75 Å². The van der Waals surface area contributed by atoms with E-state index in [2.05, 4.69) is 15.3 Å². The number of hydrogen-bond acceptors (Lipinski definition) is 6. The Hall–Kier alpha value is -3.14. The van der Waals surface area contributed by atoms with Crippen LogP contribution in [0.1, 0.15) is 55.7 Å². The molecule has 10 heteroatoms. The van der Waals surface area contributed by atoms with Crippen LogP contribution >= 0.6 is 0 Å². The van der Waals surface area contributed by atoms with Crippen LogP contribution in [-0.4, -0.2) is 28.5 Å². The Morgan fingerprint density at radius 1 is 1.16 bits per heavy atom. The van der Waals surface area contributed by atoms with Crippen molar-refractivity contribution in [3.8, 4) is 17.2 Å². The summed E-state index contributed by atoms with van der Waals surface area (Å²) in [7, 11) is 1.34. The zero-order chi connectivity index (χ0) is 23.1. The number of aromatic nitrogens is 2. The number of halogens is 3. The van der Waals surface area contributed by atoms with Crippen LogP contribution in [-0.2, 0) is 6.18 Å². The number of nitrogens with one attached hydrogen (secondary N) is 1. The number of rotatable bonds is 4. The first-order valence-electron chi connectivity index (χ1n) is 9.46. The molecule has 0 fully saturated rings. The molecule has 3 rings (SSSR count). The van der Waals surface area contributed by atoms with Crippen LogP contribution < -0.4 is 15.8 Å². The Labute approximate surface area is 176 Å². The molecule has 0 unspecified atom stereocenters. The molecule has 0 aliphatic rings. The highest BCUT2D eigenvalue weighted by molar-refractivity contribution is 5.98. The molecule has 0 aliphatic carbocycles. The summed E-state index contributed by atoms with van der Waals surface area (Å²) in [6.45, 7) is 7.09. The quantitative estimate of drug-likeness (QED) is 0.626. The minimum Gasteiger partial charge on any atom is -0.494 e. The maximum atomic E-state index is 13.2. The second kappa shape index (κ2) is 7.84. The Balaban J connectivity index is 2.20. The summed E-state index contributed by atoms with van der Waals surface area (Å²) in [4.78, 5) is 20.7. The van der Waals surface area contributed by atoms with Gasteiger partial charge in [0.2, 0.25) is 5.89 Å². The number of fused-ring (bicyclic) bond motifs is 1. The number of benzene rings is 1. The van der Waals surface area contributed by atoms with Crippen LogP contribution in [0.4, 0.5) is 13.2 Å². The summed E-state index contributed by atoms with van der Waals surface area (Å²) in [5.41, 5.74) is 4.76. The molecular weight excluding hydrogens is 413 g/mol. The zero-order valence-electron chi connectivity index (χ0n) is 17.7. The molecule has 0 radical (unpaired) electrons. The fraction of sp³-hybridized carbons (Fsp3) is 0.381. The molecule has 7 nitrogen and oxygen atoms in total. The minimum absolute atomic E-state index is 0.00364. The number of hydrogen-bond donors (Lipinski definition) is 2. The van der Waals surface area contributed by atoms with Gasteiger partial charge in [-0.3, -0.25) is 4.79 Å². The molecule has 2 heterocycles. The Morgan fingerprint density at radius 3 is 2.39 bits per heavy atom. The summed E-state index contributed by atoms with van der Waals surface area (Å²) < 4.78 is 50.4. The van der Waals surface area contributed by atoms with E-state index in [1.54, 1.807) is 13.0 Å². The van der Waals surface area contributed by atoms with Crippen molar-refractivity contribution in [2.24, 2.45) is 5.73 Å². The monoisotopic (exact) mass is 436 g/mol. The average Bonchev–Trinajstić information content (AvgIpc) is 3.10. The standard InChI is InChI=1S/C21H23F3N4O3/c1-10(25)17-16(18(29)28-20(2,3)4)27-19(31-17)12-6-8-13(30-5)15-11(12)7-9-14(26-15)21(22,23)24/h6-10H,25H2,1-5H3,(H,28,29)/t10-/m0/s1. The third-order valence-corrected chi connectivity index (χ3v) is 4.33. The highest BCUT2D eigenvalue weighted by Crippen LogP contribution is 2.37. The Kier molecular flexibility index (Phi) is 5.70. The van der Waals surface area contributed by atoms with Gasteiger partial charge in [0, 0.05) is 16.5 Å². The summed E-state index contributed by atoms with van der Waals surface area (Å²) in [5.74, 6) is -0.0965. The maximum absolute atomic E-state index is 13.2. The number of carbonyl (C=O) groups is 1. The number of nitrogens with zero attached hydrogens (tertiary/aromatic N) is 2. The fourth-order valence-electron chi connectivity index (χ4n) is 3.02. The summed E-state index contributed by atoms with van der Waals surface area (Å²) in [6.07, 6.45) is -4.61. The van der Waals surface area contributed by atoms with Gasteiger partial charge in [0.05, 0.1) is 13.2 Å². The minimum atomic E-state index is -4.61. The third kappa shape index (κ3) is 4.63. The molecule has 1 atom stereocenters. The first-order valence-corrected chi connectivity index (χ1v) is 9.46. The van der Waals surface area contributed by atoms with E-state index in [1.807, 2.05) is 20.8 Å². The lowest BCUT2D eigenvalue weighted by molar-refractivity contribution is -0.140. The van der Waals surface area contributed by atoms with E-state index < -0.39 is 29.4 Å². The molecule has 0 saturated heterocycles. The van der Waals surface area contributed by atoms with Gasteiger partial charge in [0.25, 0.3) is 5.91 Å². The van der Waals surface area contributed by atoms with E-state index in [0.29, 0.717) is 10.9 Å². The van der Waals surface area contributed by atoms with Crippen molar-refractivity contribution in [2.75, 3.05) is 7.11 Å². The molecule has 1 aromatic carbocycles. The van der Waals surface area contributed by atoms with Crippen molar-refractivity contribution >= 4 is 16.8 Å². The van der Waals surface area contributed by atoms with Gasteiger partial charge in [-0.15, -0.1) is 0 Å². The number of nitrogens with two attached hydrogens (primary N) is 1. The highest BCUT2D eigenvalue weighted by Gasteiger charge is 2.33. The largest absolute Gasteiger partial charge is 0.494 e. The molecule has 2 aromatic heterocycles. The molecule has 3 aromatic rings. The van der Waals surface area contributed by atoms with E-state index in [0.717, 1.165) is 6.07 Å². The van der Waals surface area contributed by atoms with Gasteiger partial charge < -0.3 is 20.2 Å². The number of carbonyl (C=O) groups excluding carboxylic acids is 1. The fourth-order valence-corrected chi connectivity index (χ4v) is 3.02. The lowest BCUT2D eigenvalue weighted by atomic mass is 10.1. The van der Waals surface area contributed by atoms with Gasteiger partial charge in [0.1, 0.15) is 17.0 Å². The van der Waals surface area contributed by atoms with Gasteiger partial charge in [0.15, 0.2) is 11.5 Å². The normalized spacial score (nSPS) is 13.3. The second-order valence-electron chi connectivity index (χ2n) is 8.13. The molecular formula is C21H23F3N4O3. The number of amides is 1. The summed E-state index contributed by atoms with van der Waals surface area (Å²) in [5, 5.41) is 3.13. The van der Waals surface area contributed by atoms with Gasteiger partial charge in [-0.05, 0) is 52.0 Å². The average molecular weight is 436 g/mol. The highest BCUT2D eigenvalue weighted by atomic mass is 19.4. The Bertz CT molecular complexity index is 1130. The predicted molar refractivity (Wildman–Crippen MR) is 109 cm³/mol. The van der Waals surface area contributed by atoms with E-state index >= 15 is 0 Å². The van der Waals surface area contributed by atoms with Gasteiger partial charge in [-0.1, -0.05) is 0 Å². The van der Waals surface area contributed by atoms with Crippen molar-refractivity contribution in [3.63, 3.8) is 0 Å². The summed E-state index contributed by atoms with van der Waals surface area (Å²) in [6, 6.07) is 4.55.